The number of thiophene rings is 1. The summed E-state index contributed by atoms with van der Waals surface area (Å²) in [5.74, 6) is 0.197. The van der Waals surface area contributed by atoms with Gasteiger partial charge in [-0.2, -0.15) is 5.10 Å². The fourth-order valence-electron chi connectivity index (χ4n) is 2.89. The van der Waals surface area contributed by atoms with Gasteiger partial charge in [-0.25, -0.2) is 10.2 Å². The van der Waals surface area contributed by atoms with E-state index in [2.05, 4.69) is 10.5 Å². The van der Waals surface area contributed by atoms with Crippen molar-refractivity contribution in [3.05, 3.63) is 93.8 Å². The zero-order chi connectivity index (χ0) is 22.5. The van der Waals surface area contributed by atoms with E-state index in [1.165, 1.54) is 17.6 Å². The number of benzene rings is 3. The fourth-order valence-corrected chi connectivity index (χ4v) is 4.28. The minimum absolute atomic E-state index is 0.338. The Labute approximate surface area is 193 Å². The van der Waals surface area contributed by atoms with Crippen LogP contribution >= 0.6 is 22.9 Å². The van der Waals surface area contributed by atoms with Crippen LogP contribution in [0.3, 0.4) is 0 Å². The number of ether oxygens (including phenoxy) is 2. The summed E-state index contributed by atoms with van der Waals surface area (Å²) in [6, 6.07) is 21.0. The Morgan fingerprint density at radius 2 is 1.66 bits per heavy atom. The number of hydrogen-bond donors (Lipinski definition) is 1. The smallest absolute Gasteiger partial charge is 0.355 e. The quantitative estimate of drug-likeness (QED) is 0.176. The zero-order valence-electron chi connectivity index (χ0n) is 16.9. The number of nitrogens with zero attached hydrogens (tertiary/aromatic N) is 1. The molecule has 4 aromatic rings. The molecule has 0 aliphatic heterocycles. The first-order chi connectivity index (χ1) is 15.5. The van der Waals surface area contributed by atoms with Crippen molar-refractivity contribution < 1.29 is 19.1 Å². The lowest BCUT2D eigenvalue weighted by molar-refractivity contribution is 0.0739. The third-order valence-electron chi connectivity index (χ3n) is 4.54. The van der Waals surface area contributed by atoms with Gasteiger partial charge in [0.05, 0.1) is 18.3 Å². The van der Waals surface area contributed by atoms with E-state index in [4.69, 9.17) is 21.1 Å². The molecule has 0 spiro atoms. The van der Waals surface area contributed by atoms with Gasteiger partial charge in [0.1, 0.15) is 16.4 Å². The first-order valence-corrected chi connectivity index (χ1v) is 10.7. The maximum atomic E-state index is 12.5. The molecule has 0 atom stereocenters. The minimum atomic E-state index is -0.510. The van der Waals surface area contributed by atoms with Crippen molar-refractivity contribution in [2.45, 2.75) is 0 Å². The molecule has 0 saturated carbocycles. The lowest BCUT2D eigenvalue weighted by Crippen LogP contribution is -2.17. The lowest BCUT2D eigenvalue weighted by atomic mass is 10.2. The number of nitrogens with one attached hydrogen (secondary N) is 1. The molecular formula is C24H17ClN2O4S. The van der Waals surface area contributed by atoms with Gasteiger partial charge in [0, 0.05) is 15.6 Å². The van der Waals surface area contributed by atoms with E-state index in [0.29, 0.717) is 27.0 Å². The van der Waals surface area contributed by atoms with Crippen LogP contribution in [0.15, 0.2) is 77.9 Å². The molecule has 0 aliphatic carbocycles. The van der Waals surface area contributed by atoms with E-state index in [0.717, 1.165) is 15.6 Å². The van der Waals surface area contributed by atoms with Crippen molar-refractivity contribution in [3.8, 4) is 11.5 Å². The molecular weight excluding hydrogens is 448 g/mol. The molecule has 6 nitrogen and oxygen atoms in total. The molecule has 1 N–H and O–H groups in total. The summed E-state index contributed by atoms with van der Waals surface area (Å²) in [5.41, 5.74) is 3.65. The molecule has 0 fully saturated rings. The van der Waals surface area contributed by atoms with E-state index >= 15 is 0 Å². The minimum Gasteiger partial charge on any atom is -0.497 e. The highest BCUT2D eigenvalue weighted by atomic mass is 35.5. The first-order valence-electron chi connectivity index (χ1n) is 9.52. The highest BCUT2D eigenvalue weighted by Crippen LogP contribution is 2.35. The van der Waals surface area contributed by atoms with Crippen LogP contribution in [-0.2, 0) is 0 Å². The number of esters is 1. The van der Waals surface area contributed by atoms with E-state index in [1.54, 1.807) is 55.6 Å². The topological polar surface area (TPSA) is 77.0 Å². The van der Waals surface area contributed by atoms with Gasteiger partial charge in [0.15, 0.2) is 0 Å². The van der Waals surface area contributed by atoms with Crippen molar-refractivity contribution in [2.75, 3.05) is 7.11 Å². The van der Waals surface area contributed by atoms with E-state index in [1.807, 2.05) is 24.3 Å². The predicted molar refractivity (Wildman–Crippen MR) is 126 cm³/mol. The number of rotatable bonds is 6. The first kappa shape index (κ1) is 21.5. The largest absolute Gasteiger partial charge is 0.497 e. The summed E-state index contributed by atoms with van der Waals surface area (Å²) < 4.78 is 11.4. The molecule has 0 radical (unpaired) electrons. The average Bonchev–Trinajstić information content (AvgIpc) is 3.17. The standard InChI is InChI=1S/C24H17ClN2O4S/c1-30-17-12-8-16(9-13-17)23(28)27-26-14-15-6-10-18(11-7-15)31-24(29)22-21(25)19-4-2-3-5-20(19)32-22/h2-14H,1H3,(H,27,28)/b26-14+. The molecule has 1 heterocycles. The summed E-state index contributed by atoms with van der Waals surface area (Å²) in [4.78, 5) is 25.0. The normalized spacial score (nSPS) is 10.9. The van der Waals surface area contributed by atoms with Gasteiger partial charge in [0.2, 0.25) is 0 Å². The third-order valence-corrected chi connectivity index (χ3v) is 6.20. The number of carbonyl (C=O) groups excluding carboxylic acids is 2. The van der Waals surface area contributed by atoms with E-state index < -0.39 is 5.97 Å². The SMILES string of the molecule is COc1ccc(C(=O)N/N=C/c2ccc(OC(=O)c3sc4ccccc4c3Cl)cc2)cc1. The Kier molecular flexibility index (Phi) is 6.49. The molecule has 0 unspecified atom stereocenters. The van der Waals surface area contributed by atoms with Crippen molar-refractivity contribution in [2.24, 2.45) is 5.10 Å². The molecule has 0 aliphatic rings. The Hall–Kier alpha value is -3.68. The zero-order valence-corrected chi connectivity index (χ0v) is 18.4. The van der Waals surface area contributed by atoms with Crippen LogP contribution in [0.25, 0.3) is 10.1 Å². The van der Waals surface area contributed by atoms with Gasteiger partial charge in [0.25, 0.3) is 5.91 Å². The second-order valence-electron chi connectivity index (χ2n) is 6.63. The second kappa shape index (κ2) is 9.64. The van der Waals surface area contributed by atoms with Crippen LogP contribution in [0.4, 0.5) is 0 Å². The van der Waals surface area contributed by atoms with Crippen LogP contribution in [0, 0.1) is 0 Å². The number of carbonyl (C=O) groups is 2. The van der Waals surface area contributed by atoms with Crippen molar-refractivity contribution in [1.82, 2.24) is 5.43 Å². The number of fused-ring (bicyclic) bond motifs is 1. The van der Waals surface area contributed by atoms with E-state index in [9.17, 15) is 9.59 Å². The second-order valence-corrected chi connectivity index (χ2v) is 8.06. The van der Waals surface area contributed by atoms with Gasteiger partial charge in [-0.15, -0.1) is 11.3 Å². The third kappa shape index (κ3) is 4.80. The Morgan fingerprint density at radius 3 is 2.34 bits per heavy atom. The Bertz CT molecular complexity index is 1300. The van der Waals surface area contributed by atoms with Crippen LogP contribution in [0.5, 0.6) is 11.5 Å². The van der Waals surface area contributed by atoms with Gasteiger partial charge in [-0.3, -0.25) is 4.79 Å². The predicted octanol–water partition coefficient (Wildman–Crippen LogP) is 5.55. The summed E-state index contributed by atoms with van der Waals surface area (Å²) in [5, 5.41) is 5.18. The monoisotopic (exact) mass is 464 g/mol. The molecule has 3 aromatic carbocycles. The maximum Gasteiger partial charge on any atom is 0.355 e. The van der Waals surface area contributed by atoms with Crippen LogP contribution in [0.2, 0.25) is 5.02 Å². The summed E-state index contributed by atoms with van der Waals surface area (Å²) in [6.45, 7) is 0. The Balaban J connectivity index is 1.36. The summed E-state index contributed by atoms with van der Waals surface area (Å²) in [7, 11) is 1.56. The molecule has 0 bridgehead atoms. The fraction of sp³-hybridized carbons (Fsp3) is 0.0417. The number of halogens is 1. The van der Waals surface area contributed by atoms with Gasteiger partial charge in [-0.1, -0.05) is 29.8 Å². The number of hydrazone groups is 1. The highest BCUT2D eigenvalue weighted by molar-refractivity contribution is 7.21. The average molecular weight is 465 g/mol. The summed E-state index contributed by atoms with van der Waals surface area (Å²) in [6.07, 6.45) is 1.50. The molecule has 8 heteroatoms. The Morgan fingerprint density at radius 1 is 0.969 bits per heavy atom. The number of amides is 1. The van der Waals surface area contributed by atoms with Gasteiger partial charge >= 0.3 is 5.97 Å². The van der Waals surface area contributed by atoms with Crippen molar-refractivity contribution in [3.63, 3.8) is 0 Å². The van der Waals surface area contributed by atoms with Crippen molar-refractivity contribution >= 4 is 51.1 Å². The molecule has 1 aromatic heterocycles. The van der Waals surface area contributed by atoms with Crippen LogP contribution in [-0.4, -0.2) is 25.2 Å². The van der Waals surface area contributed by atoms with E-state index in [-0.39, 0.29) is 5.91 Å². The van der Waals surface area contributed by atoms with Gasteiger partial charge in [-0.05, 0) is 60.2 Å². The van der Waals surface area contributed by atoms with Crippen LogP contribution in [0.1, 0.15) is 25.6 Å². The molecule has 160 valence electrons. The molecule has 4 rings (SSSR count). The summed E-state index contributed by atoms with van der Waals surface area (Å²) >= 11 is 7.63. The van der Waals surface area contributed by atoms with Gasteiger partial charge < -0.3 is 9.47 Å². The molecule has 0 saturated heterocycles. The number of methoxy groups -OCH3 is 1. The molecule has 32 heavy (non-hydrogen) atoms. The lowest BCUT2D eigenvalue weighted by Gasteiger charge is -2.04. The highest BCUT2D eigenvalue weighted by Gasteiger charge is 2.18. The van der Waals surface area contributed by atoms with Crippen molar-refractivity contribution in [1.29, 1.82) is 0 Å². The van der Waals surface area contributed by atoms with Crippen LogP contribution < -0.4 is 14.9 Å². The number of hydrogen-bond acceptors (Lipinski definition) is 6. The molecule has 1 amide bonds. The maximum absolute atomic E-state index is 12.5.